The van der Waals surface area contributed by atoms with E-state index in [1.165, 1.54) is 27.5 Å². The van der Waals surface area contributed by atoms with Crippen molar-refractivity contribution in [3.8, 4) is 5.75 Å². The number of hydrogen-bond donors (Lipinski definition) is 5. The van der Waals surface area contributed by atoms with Gasteiger partial charge in [-0.15, -0.1) is 0 Å². The van der Waals surface area contributed by atoms with E-state index in [1.807, 2.05) is 36.5 Å². The number of benzene rings is 2. The van der Waals surface area contributed by atoms with Crippen molar-refractivity contribution in [2.24, 2.45) is 0 Å². The molecule has 0 saturated carbocycles. The summed E-state index contributed by atoms with van der Waals surface area (Å²) >= 11 is 0. The molecule has 60 heavy (non-hydrogen) atoms. The van der Waals surface area contributed by atoms with Crippen molar-refractivity contribution >= 4 is 67.4 Å². The summed E-state index contributed by atoms with van der Waals surface area (Å²) in [6, 6.07) is 20.5. The molecule has 15 nitrogen and oxygen atoms in total. The maximum absolute atomic E-state index is 9.78. The number of morpholine rings is 1. The summed E-state index contributed by atoms with van der Waals surface area (Å²) in [4.78, 5) is 38.9. The molecular formula is C45H50N12O3. The van der Waals surface area contributed by atoms with Gasteiger partial charge in [-0.05, 0) is 89.4 Å². The molecule has 6 aromatic heterocycles. The molecule has 0 atom stereocenters. The first kappa shape index (κ1) is 38.9. The van der Waals surface area contributed by atoms with Crippen molar-refractivity contribution in [3.63, 3.8) is 0 Å². The van der Waals surface area contributed by atoms with Gasteiger partial charge in [-0.3, -0.25) is 0 Å². The second-order valence-electron chi connectivity index (χ2n) is 15.5. The van der Waals surface area contributed by atoms with Gasteiger partial charge in [0.05, 0.1) is 44.3 Å². The van der Waals surface area contributed by atoms with Gasteiger partial charge in [0.15, 0.2) is 11.3 Å². The molecule has 2 fully saturated rings. The summed E-state index contributed by atoms with van der Waals surface area (Å²) in [6.07, 6.45) is 8.85. The number of aliphatic hydroxyl groups excluding tert-OH is 1. The monoisotopic (exact) mass is 806 g/mol. The lowest BCUT2D eigenvalue weighted by atomic mass is 9.98. The Balaban J connectivity index is 0.000000157. The molecule has 2 aromatic carbocycles. The van der Waals surface area contributed by atoms with Crippen LogP contribution in [0.25, 0.3) is 44.1 Å². The van der Waals surface area contributed by atoms with Gasteiger partial charge in [0.2, 0.25) is 0 Å². The van der Waals surface area contributed by atoms with Crippen LogP contribution in [0, 0.1) is 0 Å². The van der Waals surface area contributed by atoms with Gasteiger partial charge < -0.3 is 45.0 Å². The molecule has 0 radical (unpaired) electrons. The summed E-state index contributed by atoms with van der Waals surface area (Å²) in [7, 11) is 1.69. The Hall–Kier alpha value is -6.58. The first-order valence-electron chi connectivity index (χ1n) is 20.6. The second-order valence-corrected chi connectivity index (χ2v) is 15.5. The molecule has 2 aliphatic heterocycles. The maximum atomic E-state index is 9.78. The summed E-state index contributed by atoms with van der Waals surface area (Å²) in [5.41, 5.74) is 8.63. The highest BCUT2D eigenvalue weighted by Crippen LogP contribution is 2.34. The summed E-state index contributed by atoms with van der Waals surface area (Å²) in [6.45, 7) is 10.5. The van der Waals surface area contributed by atoms with Crippen molar-refractivity contribution in [3.05, 3.63) is 102 Å². The zero-order valence-electron chi connectivity index (χ0n) is 34.2. The molecule has 0 amide bonds. The number of aromatic amines is 2. The third-order valence-electron chi connectivity index (χ3n) is 11.2. The van der Waals surface area contributed by atoms with E-state index in [0.717, 1.165) is 97.5 Å². The van der Waals surface area contributed by atoms with Crippen LogP contribution in [0.3, 0.4) is 0 Å². The Kier molecular flexibility index (Phi) is 11.2. The Morgan fingerprint density at radius 2 is 1.45 bits per heavy atom. The molecule has 5 N–H and O–H groups in total. The van der Waals surface area contributed by atoms with E-state index in [1.54, 1.807) is 19.5 Å². The molecule has 0 spiro atoms. The van der Waals surface area contributed by atoms with Crippen LogP contribution in [0.1, 0.15) is 49.3 Å². The van der Waals surface area contributed by atoms with E-state index in [0.29, 0.717) is 36.1 Å². The molecule has 0 bridgehead atoms. The number of pyridine rings is 2. The van der Waals surface area contributed by atoms with Crippen LogP contribution in [0.4, 0.5) is 23.3 Å². The van der Waals surface area contributed by atoms with Crippen molar-refractivity contribution in [1.82, 2.24) is 39.9 Å². The fourth-order valence-electron chi connectivity index (χ4n) is 7.87. The Morgan fingerprint density at radius 1 is 0.783 bits per heavy atom. The summed E-state index contributed by atoms with van der Waals surface area (Å²) < 4.78 is 11.0. The number of methoxy groups -OCH3 is 1. The van der Waals surface area contributed by atoms with Crippen LogP contribution in [0.15, 0.2) is 85.5 Å². The molecule has 2 saturated heterocycles. The molecule has 308 valence electrons. The van der Waals surface area contributed by atoms with Crippen LogP contribution in [-0.4, -0.2) is 97.6 Å². The first-order valence-corrected chi connectivity index (χ1v) is 20.6. The minimum Gasteiger partial charge on any atom is -0.495 e. The van der Waals surface area contributed by atoms with Gasteiger partial charge in [-0.1, -0.05) is 26.0 Å². The number of aromatic nitrogens is 8. The Labute approximate surface area is 347 Å². The van der Waals surface area contributed by atoms with Gasteiger partial charge in [-0.2, -0.15) is 0 Å². The molecule has 10 rings (SSSR count). The number of fused-ring (bicyclic) bond motifs is 4. The Morgan fingerprint density at radius 3 is 2.12 bits per heavy atom. The van der Waals surface area contributed by atoms with Gasteiger partial charge in [0.25, 0.3) is 0 Å². The van der Waals surface area contributed by atoms with Crippen LogP contribution in [0.5, 0.6) is 5.75 Å². The average molecular weight is 807 g/mol. The first-order chi connectivity index (χ1) is 29.4. The molecule has 8 heterocycles. The molecule has 8 aromatic rings. The quantitative estimate of drug-likeness (QED) is 0.0941. The minimum atomic E-state index is -0.210. The molecule has 0 aliphatic carbocycles. The van der Waals surface area contributed by atoms with Crippen LogP contribution >= 0.6 is 0 Å². The van der Waals surface area contributed by atoms with Crippen molar-refractivity contribution in [2.75, 3.05) is 66.9 Å². The molecule has 15 heteroatoms. The molecule has 0 unspecified atom stereocenters. The Bertz CT molecular complexity index is 2740. The third kappa shape index (κ3) is 8.44. The maximum Gasteiger partial charge on any atom is 0.182 e. The number of piperidine rings is 1. The predicted octanol–water partition coefficient (Wildman–Crippen LogP) is 7.17. The van der Waals surface area contributed by atoms with Crippen molar-refractivity contribution in [2.45, 2.75) is 51.8 Å². The summed E-state index contributed by atoms with van der Waals surface area (Å²) in [5, 5.41) is 19.0. The number of nitrogens with one attached hydrogen (secondary N) is 4. The smallest absolute Gasteiger partial charge is 0.182 e. The van der Waals surface area contributed by atoms with Crippen molar-refractivity contribution < 1.29 is 14.6 Å². The van der Waals surface area contributed by atoms with Gasteiger partial charge in [-0.25, -0.2) is 29.9 Å². The van der Waals surface area contributed by atoms with Crippen LogP contribution < -0.4 is 25.2 Å². The lowest BCUT2D eigenvalue weighted by Gasteiger charge is -2.30. The number of hydrogen-bond acceptors (Lipinski definition) is 13. The van der Waals surface area contributed by atoms with Gasteiger partial charge in [0.1, 0.15) is 40.1 Å². The van der Waals surface area contributed by atoms with Crippen molar-refractivity contribution in [1.29, 1.82) is 0 Å². The highest BCUT2D eigenvalue weighted by Gasteiger charge is 2.20. The topological polar surface area (TPSA) is 178 Å². The van der Waals surface area contributed by atoms with E-state index in [9.17, 15) is 5.11 Å². The van der Waals surface area contributed by atoms with E-state index in [4.69, 9.17) is 24.4 Å². The zero-order valence-corrected chi connectivity index (χ0v) is 34.2. The lowest BCUT2D eigenvalue weighted by Crippen LogP contribution is -2.36. The number of anilines is 4. The lowest BCUT2D eigenvalue weighted by molar-refractivity contribution is 0.122. The van der Waals surface area contributed by atoms with E-state index < -0.39 is 0 Å². The number of H-pyrrole nitrogens is 2. The standard InChI is InChI=1S/C25H30N6O2.C20H20N6O/c1-15(2)18-13-28-24-20(33-3)6-4-16(23(18)24)12-27-21-14-26-19-5-7-22(30-25(19)29-21)31-10-8-17(32)9-11-31;1-2-16-15(5-6-21-16)11-14(1)12-23-18-13-22-17-3-4-19(25-20(17)24-18)26-7-9-27-10-8-26/h4-7,13-15,17,28,32H,8-12H2,1-3H3,(H,27,29,30);1-6,11,13,21H,7-10,12H2,(H,23,24,25). The SMILES string of the molecule is COc1ccc(CNc2cnc3ccc(N4CCC(O)CC4)nc3n2)c2c(C(C)C)c[nH]c12.c1cc2cc(CNc3cnc4ccc(N5CCOCC5)nc4n3)ccc2[nH]1. The summed E-state index contributed by atoms with van der Waals surface area (Å²) in [5.74, 6) is 4.45. The molecule has 2 aliphatic rings. The van der Waals surface area contributed by atoms with E-state index in [-0.39, 0.29) is 6.10 Å². The third-order valence-corrected chi connectivity index (χ3v) is 11.2. The highest BCUT2D eigenvalue weighted by molar-refractivity contribution is 5.92. The largest absolute Gasteiger partial charge is 0.495 e. The number of rotatable bonds is 10. The number of ether oxygens (including phenoxy) is 2. The van der Waals surface area contributed by atoms with Gasteiger partial charge in [0, 0.05) is 62.6 Å². The fraction of sp³-hybridized carbons (Fsp3) is 0.333. The van der Waals surface area contributed by atoms with Gasteiger partial charge >= 0.3 is 0 Å². The highest BCUT2D eigenvalue weighted by atomic mass is 16.5. The molecular weight excluding hydrogens is 757 g/mol. The van der Waals surface area contributed by atoms with Crippen LogP contribution in [-0.2, 0) is 17.8 Å². The van der Waals surface area contributed by atoms with Crippen LogP contribution in [0.2, 0.25) is 0 Å². The van der Waals surface area contributed by atoms with E-state index >= 15 is 0 Å². The number of nitrogens with zero attached hydrogens (tertiary/aromatic N) is 8. The number of aliphatic hydroxyl groups is 1. The normalized spacial score (nSPS) is 14.9. The fourth-order valence-corrected chi connectivity index (χ4v) is 7.87. The average Bonchev–Trinajstić information content (AvgIpc) is 3.96. The zero-order chi connectivity index (χ0) is 41.0. The minimum absolute atomic E-state index is 0.210. The second kappa shape index (κ2) is 17.3. The van der Waals surface area contributed by atoms with E-state index in [2.05, 4.69) is 95.7 Å². The predicted molar refractivity (Wildman–Crippen MR) is 237 cm³/mol.